The first kappa shape index (κ1) is 18.8. The highest BCUT2D eigenvalue weighted by Gasteiger charge is 2.29. The molecule has 2 atom stereocenters. The van der Waals surface area contributed by atoms with Crippen molar-refractivity contribution in [3.05, 3.63) is 23.5 Å². The van der Waals surface area contributed by atoms with Crippen molar-refractivity contribution in [2.75, 3.05) is 7.11 Å². The second-order valence-electron chi connectivity index (χ2n) is 6.55. The summed E-state index contributed by atoms with van der Waals surface area (Å²) in [5.41, 5.74) is 3.31. The van der Waals surface area contributed by atoms with Crippen LogP contribution in [0.1, 0.15) is 37.1 Å². The molecule has 0 amide bonds. The molecule has 0 bridgehead atoms. The minimum Gasteiger partial charge on any atom is -0.489 e. The number of rotatable bonds is 5. The van der Waals surface area contributed by atoms with Gasteiger partial charge >= 0.3 is 5.97 Å². The highest BCUT2D eigenvalue weighted by Crippen LogP contribution is 2.31. The van der Waals surface area contributed by atoms with Crippen LogP contribution in [0.5, 0.6) is 5.75 Å². The van der Waals surface area contributed by atoms with Crippen molar-refractivity contribution >= 4 is 21.9 Å². The van der Waals surface area contributed by atoms with Crippen molar-refractivity contribution in [1.82, 2.24) is 20.0 Å². The standard InChI is InChI=1S/C18H23BrN4O3/c1-11-16(26-13-6-4-5-12(9-13)18(24)25-3)8-7-14(20-11)17-15(10-19)23(2)22-21-17/h7-8,12-13H,4-6,9-10H2,1-3H3/t12-,13-/m0/s1. The second kappa shape index (κ2) is 8.16. The minimum atomic E-state index is -0.145. The lowest BCUT2D eigenvalue weighted by molar-refractivity contribution is -0.147. The van der Waals surface area contributed by atoms with Gasteiger partial charge in [0.15, 0.2) is 0 Å². The van der Waals surface area contributed by atoms with Crippen molar-refractivity contribution in [1.29, 1.82) is 0 Å². The molecule has 0 unspecified atom stereocenters. The fourth-order valence-corrected chi connectivity index (χ4v) is 3.97. The lowest BCUT2D eigenvalue weighted by atomic mass is 9.87. The van der Waals surface area contributed by atoms with Crippen LogP contribution in [-0.4, -0.2) is 39.2 Å². The van der Waals surface area contributed by atoms with Crippen LogP contribution < -0.4 is 4.74 Å². The molecule has 1 saturated carbocycles. The van der Waals surface area contributed by atoms with Crippen LogP contribution in [0.15, 0.2) is 12.1 Å². The van der Waals surface area contributed by atoms with Gasteiger partial charge in [-0.05, 0) is 44.7 Å². The number of carbonyl (C=O) groups excluding carboxylic acids is 1. The Hall–Kier alpha value is -1.96. The molecule has 0 N–H and O–H groups in total. The van der Waals surface area contributed by atoms with Gasteiger partial charge in [0.05, 0.1) is 36.2 Å². The van der Waals surface area contributed by atoms with E-state index in [4.69, 9.17) is 9.47 Å². The van der Waals surface area contributed by atoms with E-state index in [1.807, 2.05) is 26.1 Å². The maximum Gasteiger partial charge on any atom is 0.308 e. The van der Waals surface area contributed by atoms with Gasteiger partial charge in [-0.15, -0.1) is 5.10 Å². The van der Waals surface area contributed by atoms with E-state index in [2.05, 4.69) is 31.2 Å². The lowest BCUT2D eigenvalue weighted by Gasteiger charge is -2.28. The van der Waals surface area contributed by atoms with Gasteiger partial charge in [0.2, 0.25) is 0 Å². The third-order valence-corrected chi connectivity index (χ3v) is 5.33. The molecule has 7 nitrogen and oxygen atoms in total. The van der Waals surface area contributed by atoms with Gasteiger partial charge in [0.25, 0.3) is 0 Å². The molecule has 0 aromatic carbocycles. The summed E-state index contributed by atoms with van der Waals surface area (Å²) in [6.07, 6.45) is 3.46. The van der Waals surface area contributed by atoms with E-state index < -0.39 is 0 Å². The van der Waals surface area contributed by atoms with Crippen molar-refractivity contribution < 1.29 is 14.3 Å². The topological polar surface area (TPSA) is 79.1 Å². The van der Waals surface area contributed by atoms with Crippen LogP contribution in [-0.2, 0) is 21.9 Å². The number of halogens is 1. The largest absolute Gasteiger partial charge is 0.489 e. The Balaban J connectivity index is 1.75. The number of hydrogen-bond donors (Lipinski definition) is 0. The van der Waals surface area contributed by atoms with E-state index in [0.717, 1.165) is 47.8 Å². The molecule has 0 radical (unpaired) electrons. The van der Waals surface area contributed by atoms with Crippen LogP contribution >= 0.6 is 15.9 Å². The number of hydrogen-bond acceptors (Lipinski definition) is 6. The fraction of sp³-hybridized carbons (Fsp3) is 0.556. The summed E-state index contributed by atoms with van der Waals surface area (Å²) in [6, 6.07) is 3.82. The van der Waals surface area contributed by atoms with Gasteiger partial charge in [-0.25, -0.2) is 4.98 Å². The second-order valence-corrected chi connectivity index (χ2v) is 7.11. The molecule has 1 aliphatic carbocycles. The molecule has 1 fully saturated rings. The summed E-state index contributed by atoms with van der Waals surface area (Å²) in [4.78, 5) is 16.4. The summed E-state index contributed by atoms with van der Waals surface area (Å²) >= 11 is 3.47. The maximum absolute atomic E-state index is 11.8. The predicted molar refractivity (Wildman–Crippen MR) is 100.0 cm³/mol. The smallest absolute Gasteiger partial charge is 0.308 e. The van der Waals surface area contributed by atoms with Gasteiger partial charge in [-0.3, -0.25) is 9.48 Å². The quantitative estimate of drug-likeness (QED) is 0.543. The number of ether oxygens (including phenoxy) is 2. The van der Waals surface area contributed by atoms with Crippen molar-refractivity contribution in [3.8, 4) is 17.1 Å². The van der Waals surface area contributed by atoms with E-state index in [9.17, 15) is 4.79 Å². The molecule has 140 valence electrons. The third-order valence-electron chi connectivity index (χ3n) is 4.80. The zero-order chi connectivity index (χ0) is 18.7. The van der Waals surface area contributed by atoms with Gasteiger partial charge in [0.1, 0.15) is 11.4 Å². The third kappa shape index (κ3) is 3.90. The van der Waals surface area contributed by atoms with Gasteiger partial charge in [0, 0.05) is 12.4 Å². The summed E-state index contributed by atoms with van der Waals surface area (Å²) in [5, 5.41) is 8.93. The highest BCUT2D eigenvalue weighted by atomic mass is 79.9. The van der Waals surface area contributed by atoms with Crippen LogP contribution in [0.4, 0.5) is 0 Å². The Morgan fingerprint density at radius 1 is 1.38 bits per heavy atom. The molecule has 2 heterocycles. The SMILES string of the molecule is COC(=O)[C@H]1CCC[C@H](Oc2ccc(-c3nnn(C)c3CBr)nc2C)C1. The maximum atomic E-state index is 11.8. The molecule has 26 heavy (non-hydrogen) atoms. The van der Waals surface area contributed by atoms with E-state index in [0.29, 0.717) is 11.8 Å². The van der Waals surface area contributed by atoms with Crippen molar-refractivity contribution in [3.63, 3.8) is 0 Å². The van der Waals surface area contributed by atoms with E-state index in [1.165, 1.54) is 7.11 Å². The average Bonchev–Trinajstić information content (AvgIpc) is 3.03. The molecule has 0 saturated heterocycles. The number of nitrogens with zero attached hydrogens (tertiary/aromatic N) is 4. The number of alkyl halides is 1. The Bertz CT molecular complexity index is 793. The zero-order valence-electron chi connectivity index (χ0n) is 15.2. The molecular formula is C18H23BrN4O3. The van der Waals surface area contributed by atoms with E-state index >= 15 is 0 Å². The summed E-state index contributed by atoms with van der Waals surface area (Å²) < 4.78 is 12.8. The van der Waals surface area contributed by atoms with Gasteiger partial charge < -0.3 is 9.47 Å². The lowest BCUT2D eigenvalue weighted by Crippen LogP contribution is -2.30. The van der Waals surface area contributed by atoms with Crippen LogP contribution in [0.25, 0.3) is 11.4 Å². The predicted octanol–water partition coefficient (Wildman–Crippen LogP) is 3.19. The van der Waals surface area contributed by atoms with Crippen LogP contribution in [0, 0.1) is 12.8 Å². The summed E-state index contributed by atoms with van der Waals surface area (Å²) in [5.74, 6) is 0.523. The first-order chi connectivity index (χ1) is 12.5. The molecular weight excluding hydrogens is 400 g/mol. The monoisotopic (exact) mass is 422 g/mol. The number of aromatic nitrogens is 4. The molecule has 1 aliphatic rings. The van der Waals surface area contributed by atoms with E-state index in [-0.39, 0.29) is 18.0 Å². The Labute approximate surface area is 161 Å². The summed E-state index contributed by atoms with van der Waals surface area (Å²) in [7, 11) is 3.30. The van der Waals surface area contributed by atoms with Crippen molar-refractivity contribution in [2.24, 2.45) is 13.0 Å². The first-order valence-corrected chi connectivity index (χ1v) is 9.82. The molecule has 2 aromatic rings. The minimum absolute atomic E-state index is 0.00817. The molecule has 0 aliphatic heterocycles. The number of esters is 1. The number of pyridine rings is 1. The van der Waals surface area contributed by atoms with Crippen LogP contribution in [0.3, 0.4) is 0 Å². The average molecular weight is 423 g/mol. The number of aryl methyl sites for hydroxylation is 2. The Kier molecular flexibility index (Phi) is 5.90. The first-order valence-electron chi connectivity index (χ1n) is 8.70. The van der Waals surface area contributed by atoms with E-state index in [1.54, 1.807) is 4.68 Å². The summed E-state index contributed by atoms with van der Waals surface area (Å²) in [6.45, 7) is 1.92. The molecule has 3 rings (SSSR count). The van der Waals surface area contributed by atoms with Gasteiger partial charge in [-0.1, -0.05) is 21.1 Å². The molecule has 2 aromatic heterocycles. The Morgan fingerprint density at radius 2 is 2.19 bits per heavy atom. The van der Waals surface area contributed by atoms with Crippen LogP contribution in [0.2, 0.25) is 0 Å². The van der Waals surface area contributed by atoms with Crippen molar-refractivity contribution in [2.45, 2.75) is 44.0 Å². The molecule has 0 spiro atoms. The zero-order valence-corrected chi connectivity index (χ0v) is 16.8. The Morgan fingerprint density at radius 3 is 2.88 bits per heavy atom. The number of carbonyl (C=O) groups is 1. The normalized spacial score (nSPS) is 20.0. The van der Waals surface area contributed by atoms with Gasteiger partial charge in [-0.2, -0.15) is 0 Å². The fourth-order valence-electron chi connectivity index (χ4n) is 3.34. The highest BCUT2D eigenvalue weighted by molar-refractivity contribution is 9.08. The molecule has 8 heteroatoms. The number of methoxy groups -OCH3 is 1.